The topological polar surface area (TPSA) is 69.0 Å². The number of likely N-dealkylation sites (tertiary alicyclic amines) is 1. The molecule has 0 amide bonds. The van der Waals surface area contributed by atoms with Gasteiger partial charge in [-0.1, -0.05) is 0 Å². The number of ether oxygens (including phenoxy) is 1. The zero-order chi connectivity index (χ0) is 22.1. The Labute approximate surface area is 183 Å². The van der Waals surface area contributed by atoms with Gasteiger partial charge in [-0.2, -0.15) is 0 Å². The monoisotopic (exact) mass is 436 g/mol. The summed E-state index contributed by atoms with van der Waals surface area (Å²) in [5.41, 5.74) is 3.12. The summed E-state index contributed by atoms with van der Waals surface area (Å²) in [6, 6.07) is 7.53. The van der Waals surface area contributed by atoms with Gasteiger partial charge in [-0.15, -0.1) is 0 Å². The van der Waals surface area contributed by atoms with E-state index in [2.05, 4.69) is 24.4 Å². The van der Waals surface area contributed by atoms with Crippen LogP contribution in [0.2, 0.25) is 0 Å². The average molecular weight is 436 g/mol. The van der Waals surface area contributed by atoms with Crippen LogP contribution < -0.4 is 4.74 Å². The second kappa shape index (κ2) is 8.58. The molecule has 0 unspecified atom stereocenters. The maximum Gasteiger partial charge on any atom is 0.222 e. The number of hydrogen-bond donors (Lipinski definition) is 0. The lowest BCUT2D eigenvalue weighted by Crippen LogP contribution is -2.34. The van der Waals surface area contributed by atoms with Crippen LogP contribution in [0.5, 0.6) is 5.88 Å². The first-order chi connectivity index (χ1) is 15.6. The lowest BCUT2D eigenvalue weighted by molar-refractivity contribution is 0.179. The minimum Gasteiger partial charge on any atom is -0.481 e. The maximum atomic E-state index is 14.0. The molecule has 0 spiro atoms. The predicted octanol–water partition coefficient (Wildman–Crippen LogP) is 4.01. The number of imidazole rings is 1. The molecule has 164 valence electrons. The summed E-state index contributed by atoms with van der Waals surface area (Å²) < 4.78 is 34.9. The fraction of sp³-hybridized carbons (Fsp3) is 0.304. The van der Waals surface area contributed by atoms with Crippen LogP contribution in [-0.4, -0.2) is 49.6 Å². The molecule has 0 aliphatic carbocycles. The molecule has 1 fully saturated rings. The summed E-state index contributed by atoms with van der Waals surface area (Å²) in [6.07, 6.45) is 6.83. The fourth-order valence-electron chi connectivity index (χ4n) is 4.22. The van der Waals surface area contributed by atoms with Crippen molar-refractivity contribution in [2.75, 3.05) is 20.2 Å². The van der Waals surface area contributed by atoms with Crippen LogP contribution in [0.15, 0.2) is 49.1 Å². The first-order valence-electron chi connectivity index (χ1n) is 10.5. The Kier molecular flexibility index (Phi) is 5.48. The van der Waals surface area contributed by atoms with Crippen LogP contribution in [0.4, 0.5) is 8.78 Å². The highest BCUT2D eigenvalue weighted by Gasteiger charge is 2.24. The van der Waals surface area contributed by atoms with Gasteiger partial charge < -0.3 is 9.30 Å². The molecule has 4 aromatic rings. The minimum atomic E-state index is -0.416. The highest BCUT2D eigenvalue weighted by Crippen LogP contribution is 2.30. The second-order valence-electron chi connectivity index (χ2n) is 7.86. The number of fused-ring (bicyclic) bond motifs is 1. The molecule has 7 nitrogen and oxygen atoms in total. The Morgan fingerprint density at radius 3 is 2.75 bits per heavy atom. The van der Waals surface area contributed by atoms with E-state index in [0.717, 1.165) is 37.6 Å². The van der Waals surface area contributed by atoms with Gasteiger partial charge in [0.2, 0.25) is 5.88 Å². The Morgan fingerprint density at radius 2 is 1.94 bits per heavy atom. The smallest absolute Gasteiger partial charge is 0.222 e. The van der Waals surface area contributed by atoms with Gasteiger partial charge in [0.1, 0.15) is 11.6 Å². The molecule has 1 saturated heterocycles. The Balaban J connectivity index is 1.35. The van der Waals surface area contributed by atoms with E-state index in [1.54, 1.807) is 25.8 Å². The van der Waals surface area contributed by atoms with Crippen molar-refractivity contribution in [3.8, 4) is 17.1 Å². The summed E-state index contributed by atoms with van der Waals surface area (Å²) in [7, 11) is 1.57. The molecule has 0 radical (unpaired) electrons. The number of nitrogens with zero attached hydrogens (tertiary/aromatic N) is 6. The van der Waals surface area contributed by atoms with Crippen molar-refractivity contribution in [3.05, 3.63) is 66.3 Å². The van der Waals surface area contributed by atoms with E-state index in [-0.39, 0.29) is 11.9 Å². The summed E-state index contributed by atoms with van der Waals surface area (Å²) in [5.74, 6) is -0.298. The van der Waals surface area contributed by atoms with Crippen molar-refractivity contribution in [3.63, 3.8) is 0 Å². The molecule has 3 aromatic heterocycles. The number of halogens is 2. The normalized spacial score (nSPS) is 15.3. The number of rotatable bonds is 5. The highest BCUT2D eigenvalue weighted by molar-refractivity contribution is 5.72. The third kappa shape index (κ3) is 3.91. The Hall–Kier alpha value is -3.46. The number of aromatic nitrogens is 5. The molecule has 0 saturated carbocycles. The van der Waals surface area contributed by atoms with E-state index < -0.39 is 5.82 Å². The van der Waals surface area contributed by atoms with Crippen molar-refractivity contribution < 1.29 is 13.5 Å². The summed E-state index contributed by atoms with van der Waals surface area (Å²) in [4.78, 5) is 20.1. The highest BCUT2D eigenvalue weighted by atomic mass is 19.1. The third-order valence-electron chi connectivity index (χ3n) is 5.88. The van der Waals surface area contributed by atoms with Crippen molar-refractivity contribution in [1.29, 1.82) is 0 Å². The van der Waals surface area contributed by atoms with E-state index in [0.29, 0.717) is 35.0 Å². The van der Waals surface area contributed by atoms with Crippen LogP contribution in [0, 0.1) is 11.6 Å². The molecule has 1 aliphatic rings. The molecule has 0 atom stereocenters. The first-order valence-corrected chi connectivity index (χ1v) is 10.5. The molecule has 4 heterocycles. The van der Waals surface area contributed by atoms with Gasteiger partial charge in [-0.3, -0.25) is 4.90 Å². The standard InChI is InChI=1S/C23H22F2N6O/c1-32-23-18(3-2-8-26-23)20-12-27-21-22(29-20)31(14-28-21)17-6-9-30(10-7-17)13-15-11-16(24)4-5-19(15)25/h2-5,8,11-12,14,17H,6-7,9-10,13H2,1H3. The summed E-state index contributed by atoms with van der Waals surface area (Å²) >= 11 is 0. The minimum absolute atomic E-state index is 0.203. The third-order valence-corrected chi connectivity index (χ3v) is 5.88. The van der Waals surface area contributed by atoms with E-state index in [1.807, 2.05) is 12.1 Å². The maximum absolute atomic E-state index is 14.0. The van der Waals surface area contributed by atoms with Crippen LogP contribution in [0.25, 0.3) is 22.6 Å². The lowest BCUT2D eigenvalue weighted by atomic mass is 10.0. The zero-order valence-electron chi connectivity index (χ0n) is 17.6. The molecule has 0 bridgehead atoms. The van der Waals surface area contributed by atoms with Crippen LogP contribution in [-0.2, 0) is 6.54 Å². The average Bonchev–Trinajstić information content (AvgIpc) is 3.25. The quantitative estimate of drug-likeness (QED) is 0.471. The summed E-state index contributed by atoms with van der Waals surface area (Å²) in [5, 5.41) is 0. The van der Waals surface area contributed by atoms with Gasteiger partial charge >= 0.3 is 0 Å². The first kappa shape index (κ1) is 20.4. The number of pyridine rings is 1. The SMILES string of the molecule is COc1ncccc1-c1cnc2ncn(C3CCN(Cc4cc(F)ccc4F)CC3)c2n1. The van der Waals surface area contributed by atoms with Crippen LogP contribution >= 0.6 is 0 Å². The van der Waals surface area contributed by atoms with Crippen molar-refractivity contribution in [2.45, 2.75) is 25.4 Å². The molecule has 1 aliphatic heterocycles. The second-order valence-corrected chi connectivity index (χ2v) is 7.86. The van der Waals surface area contributed by atoms with Gasteiger partial charge in [0, 0.05) is 37.4 Å². The van der Waals surface area contributed by atoms with Gasteiger partial charge in [-0.05, 0) is 43.2 Å². The predicted molar refractivity (Wildman–Crippen MR) is 115 cm³/mol. The van der Waals surface area contributed by atoms with E-state index in [1.165, 1.54) is 12.1 Å². The largest absolute Gasteiger partial charge is 0.481 e. The molecule has 0 N–H and O–H groups in total. The van der Waals surface area contributed by atoms with Gasteiger partial charge in [0.25, 0.3) is 0 Å². The van der Waals surface area contributed by atoms with Crippen molar-refractivity contribution in [2.24, 2.45) is 0 Å². The molecule has 9 heteroatoms. The molecular weight excluding hydrogens is 414 g/mol. The Bertz CT molecular complexity index is 1250. The van der Waals surface area contributed by atoms with Gasteiger partial charge in [0.15, 0.2) is 11.3 Å². The number of benzene rings is 1. The van der Waals surface area contributed by atoms with E-state index in [4.69, 9.17) is 9.72 Å². The van der Waals surface area contributed by atoms with Crippen molar-refractivity contribution >= 4 is 11.3 Å². The van der Waals surface area contributed by atoms with Crippen molar-refractivity contribution in [1.82, 2.24) is 29.4 Å². The van der Waals surface area contributed by atoms with Gasteiger partial charge in [-0.25, -0.2) is 28.7 Å². The Morgan fingerprint density at radius 1 is 1.09 bits per heavy atom. The molecular formula is C23H22F2N6O. The van der Waals surface area contributed by atoms with E-state index >= 15 is 0 Å². The number of piperidine rings is 1. The number of hydrogen-bond acceptors (Lipinski definition) is 6. The number of methoxy groups -OCH3 is 1. The van der Waals surface area contributed by atoms with Gasteiger partial charge in [0.05, 0.1) is 30.9 Å². The van der Waals surface area contributed by atoms with Crippen LogP contribution in [0.1, 0.15) is 24.4 Å². The zero-order valence-corrected chi connectivity index (χ0v) is 17.6. The van der Waals surface area contributed by atoms with Crippen LogP contribution in [0.3, 0.4) is 0 Å². The van der Waals surface area contributed by atoms with E-state index in [9.17, 15) is 8.78 Å². The lowest BCUT2D eigenvalue weighted by Gasteiger charge is -2.32. The molecule has 1 aromatic carbocycles. The summed E-state index contributed by atoms with van der Waals surface area (Å²) in [6.45, 7) is 1.93. The fourth-order valence-corrected chi connectivity index (χ4v) is 4.22. The molecule has 32 heavy (non-hydrogen) atoms. The molecule has 5 rings (SSSR count).